The van der Waals surface area contributed by atoms with Crippen molar-refractivity contribution in [3.8, 4) is 17.2 Å². The van der Waals surface area contributed by atoms with E-state index in [1.165, 1.54) is 12.1 Å². The second-order valence-electron chi connectivity index (χ2n) is 13.6. The third-order valence-electron chi connectivity index (χ3n) is 10.2. The number of aromatic nitrogens is 1. The maximum absolute atomic E-state index is 12.9. The third kappa shape index (κ3) is 7.91. The number of H-pyrrole nitrogens is 1. The zero-order chi connectivity index (χ0) is 36.0. The molecule has 3 atom stereocenters. The smallest absolute Gasteiger partial charge is 0.408 e. The lowest BCUT2D eigenvalue weighted by Gasteiger charge is -2.50. The van der Waals surface area contributed by atoms with Crippen molar-refractivity contribution in [2.24, 2.45) is 5.92 Å². The monoisotopic (exact) mass is 704 g/mol. The zero-order valence-electron chi connectivity index (χ0n) is 28.9. The van der Waals surface area contributed by atoms with E-state index in [0.29, 0.717) is 53.6 Å². The molecule has 8 rings (SSSR count). The molecular weight excluding hydrogens is 660 g/mol. The van der Waals surface area contributed by atoms with Crippen LogP contribution in [-0.4, -0.2) is 81.6 Å². The number of rotatable bonds is 14. The summed E-state index contributed by atoms with van der Waals surface area (Å²) >= 11 is 0. The number of phenols is 1. The van der Waals surface area contributed by atoms with E-state index in [1.807, 2.05) is 78.9 Å². The molecule has 0 saturated carbocycles. The minimum Gasteiger partial charge on any atom is -0.506 e. The number of aliphatic hydroxyl groups is 1. The van der Waals surface area contributed by atoms with Crippen molar-refractivity contribution in [3.63, 3.8) is 0 Å². The summed E-state index contributed by atoms with van der Waals surface area (Å²) in [5.41, 5.74) is 3.40. The van der Waals surface area contributed by atoms with Gasteiger partial charge in [-0.3, -0.25) is 9.69 Å². The van der Waals surface area contributed by atoms with Gasteiger partial charge in [-0.1, -0.05) is 60.7 Å². The van der Waals surface area contributed by atoms with Crippen molar-refractivity contribution in [2.75, 3.05) is 39.4 Å². The topological polar surface area (TPSA) is 148 Å². The number of carboxylic acid groups (broad SMARTS) is 1. The number of hydrogen-bond acceptors (Lipinski definition) is 8. The fraction of sp³-hybridized carbons (Fsp3) is 0.317. The SMILES string of the molecule is O=C(O)N(C1CN2CCC1CC2)[C@@H](c1ccccc1)c1cccc(OCCOc2ccc(CNCC(O)c3ccc(O)c4[nH]c(=O)ccc34)cc2)c1. The summed E-state index contributed by atoms with van der Waals surface area (Å²) in [6.45, 7) is 4.26. The minimum atomic E-state index is -0.908. The number of pyridine rings is 1. The number of aromatic amines is 1. The maximum Gasteiger partial charge on any atom is 0.408 e. The van der Waals surface area contributed by atoms with Gasteiger partial charge in [0.1, 0.15) is 30.5 Å². The molecule has 5 aromatic rings. The zero-order valence-corrected chi connectivity index (χ0v) is 28.9. The number of hydrogen-bond donors (Lipinski definition) is 5. The summed E-state index contributed by atoms with van der Waals surface area (Å²) in [5.74, 6) is 1.66. The molecule has 0 aliphatic carbocycles. The maximum atomic E-state index is 12.9. The largest absolute Gasteiger partial charge is 0.506 e. The molecular formula is C41H44N4O7. The molecule has 4 heterocycles. The van der Waals surface area contributed by atoms with Crippen LogP contribution in [0.25, 0.3) is 10.9 Å². The third-order valence-corrected chi connectivity index (χ3v) is 10.2. The van der Waals surface area contributed by atoms with Crippen LogP contribution >= 0.6 is 0 Å². The fourth-order valence-corrected chi connectivity index (χ4v) is 7.65. The molecule has 3 aliphatic heterocycles. The summed E-state index contributed by atoms with van der Waals surface area (Å²) in [7, 11) is 0. The summed E-state index contributed by atoms with van der Waals surface area (Å²) in [6, 6.07) is 30.8. The van der Waals surface area contributed by atoms with Gasteiger partial charge in [0.05, 0.1) is 23.7 Å². The van der Waals surface area contributed by atoms with E-state index in [0.717, 1.165) is 49.2 Å². The number of ether oxygens (including phenoxy) is 2. The van der Waals surface area contributed by atoms with E-state index in [-0.39, 0.29) is 23.9 Å². The number of carbonyl (C=O) groups is 1. The summed E-state index contributed by atoms with van der Waals surface area (Å²) < 4.78 is 12.0. The Morgan fingerprint density at radius 1 is 0.885 bits per heavy atom. The number of phenolic OH excluding ortho intramolecular Hbond substituents is 1. The van der Waals surface area contributed by atoms with Crippen molar-refractivity contribution < 1.29 is 29.6 Å². The molecule has 0 spiro atoms. The van der Waals surface area contributed by atoms with Crippen LogP contribution in [0.1, 0.15) is 47.2 Å². The van der Waals surface area contributed by atoms with Crippen molar-refractivity contribution in [1.29, 1.82) is 0 Å². The molecule has 3 aliphatic rings. The molecule has 4 aromatic carbocycles. The van der Waals surface area contributed by atoms with Gasteiger partial charge in [-0.2, -0.15) is 0 Å². The molecule has 2 bridgehead atoms. The number of aliphatic hydroxyl groups excluding tert-OH is 1. The predicted octanol–water partition coefficient (Wildman–Crippen LogP) is 5.68. The molecule has 0 radical (unpaired) electrons. The number of amides is 1. The van der Waals surface area contributed by atoms with Crippen molar-refractivity contribution in [2.45, 2.75) is 37.6 Å². The number of aromatic hydroxyl groups is 1. The minimum absolute atomic E-state index is 0.0456. The van der Waals surface area contributed by atoms with Crippen molar-refractivity contribution >= 4 is 17.0 Å². The van der Waals surface area contributed by atoms with Crippen molar-refractivity contribution in [3.05, 3.63) is 136 Å². The molecule has 5 N–H and O–H groups in total. The first-order valence-electron chi connectivity index (χ1n) is 17.8. The second kappa shape index (κ2) is 15.9. The molecule has 2 unspecified atom stereocenters. The van der Waals surface area contributed by atoms with Crippen LogP contribution in [0.3, 0.4) is 0 Å². The summed E-state index contributed by atoms with van der Waals surface area (Å²) in [6.07, 6.45) is 0.291. The highest BCUT2D eigenvalue weighted by atomic mass is 16.5. The van der Waals surface area contributed by atoms with Gasteiger partial charge >= 0.3 is 6.09 Å². The van der Waals surface area contributed by atoms with E-state index >= 15 is 0 Å². The molecule has 1 aromatic heterocycles. The Hall–Kier alpha value is -5.36. The first-order chi connectivity index (χ1) is 25.3. The van der Waals surface area contributed by atoms with Crippen LogP contribution in [0.4, 0.5) is 4.79 Å². The first kappa shape index (κ1) is 35.1. The number of nitrogens with zero attached hydrogens (tertiary/aromatic N) is 2. The Bertz CT molecular complexity index is 2030. The first-order valence-corrected chi connectivity index (χ1v) is 17.8. The van der Waals surface area contributed by atoms with Crippen LogP contribution in [0.2, 0.25) is 0 Å². The van der Waals surface area contributed by atoms with Crippen LogP contribution in [0.5, 0.6) is 17.2 Å². The van der Waals surface area contributed by atoms with Crippen LogP contribution in [-0.2, 0) is 6.54 Å². The average molecular weight is 705 g/mol. The molecule has 270 valence electrons. The van der Waals surface area contributed by atoms with Gasteiger partial charge in [-0.15, -0.1) is 0 Å². The highest BCUT2D eigenvalue weighted by Crippen LogP contribution is 2.39. The highest BCUT2D eigenvalue weighted by Gasteiger charge is 2.43. The van der Waals surface area contributed by atoms with E-state index in [2.05, 4.69) is 15.2 Å². The van der Waals surface area contributed by atoms with E-state index in [9.17, 15) is 24.9 Å². The van der Waals surface area contributed by atoms with Gasteiger partial charge in [0, 0.05) is 31.1 Å². The molecule has 11 nitrogen and oxygen atoms in total. The van der Waals surface area contributed by atoms with Crippen LogP contribution < -0.4 is 20.3 Å². The van der Waals surface area contributed by atoms with E-state index in [4.69, 9.17) is 9.47 Å². The lowest BCUT2D eigenvalue weighted by molar-refractivity contribution is -0.000812. The predicted molar refractivity (Wildman–Crippen MR) is 198 cm³/mol. The fourth-order valence-electron chi connectivity index (χ4n) is 7.65. The molecule has 1 amide bonds. The average Bonchev–Trinajstić information content (AvgIpc) is 3.17. The van der Waals surface area contributed by atoms with Gasteiger partial charge < -0.3 is 40.0 Å². The quantitative estimate of drug-likeness (QED) is 0.0922. The Labute approximate surface area is 302 Å². The Kier molecular flexibility index (Phi) is 10.7. The summed E-state index contributed by atoms with van der Waals surface area (Å²) in [4.78, 5) is 31.3. The highest BCUT2D eigenvalue weighted by molar-refractivity contribution is 5.87. The normalized spacial score (nSPS) is 19.2. The van der Waals surface area contributed by atoms with Crippen LogP contribution in [0.15, 0.2) is 108 Å². The van der Waals surface area contributed by atoms with Gasteiger partial charge in [-0.25, -0.2) is 4.79 Å². The molecule has 3 fully saturated rings. The number of piperidine rings is 3. The van der Waals surface area contributed by atoms with Crippen molar-refractivity contribution in [1.82, 2.24) is 20.1 Å². The molecule has 3 saturated heterocycles. The number of benzene rings is 4. The van der Waals surface area contributed by atoms with E-state index in [1.54, 1.807) is 17.0 Å². The Morgan fingerprint density at radius 2 is 1.62 bits per heavy atom. The molecule has 11 heteroatoms. The Balaban J connectivity index is 0.927. The number of fused-ring (bicyclic) bond motifs is 4. The number of nitrogens with one attached hydrogen (secondary N) is 2. The standard InChI is InChI=1S/C41H44N4O7/c46-36-15-13-33(34-14-16-38(48)43-39(34)36)37(47)25-42-24-27-9-11-31(12-10-27)51-21-22-52-32-8-4-7-30(23-32)40(29-5-2-1-3-6-29)45(41(49)50)35-26-44-19-17-28(35)18-20-44/h1-16,23,28,35,37,40,42,46-47H,17-22,24-26H2,(H,43,48)(H,49,50)/t35?,37?,40-/m0/s1. The van der Waals surface area contributed by atoms with Crippen LogP contribution in [0, 0.1) is 5.92 Å². The van der Waals surface area contributed by atoms with Gasteiger partial charge in [0.25, 0.3) is 0 Å². The second-order valence-corrected chi connectivity index (χ2v) is 13.6. The van der Waals surface area contributed by atoms with Gasteiger partial charge in [0.15, 0.2) is 0 Å². The Morgan fingerprint density at radius 3 is 2.33 bits per heavy atom. The van der Waals surface area contributed by atoms with Gasteiger partial charge in [0.2, 0.25) is 5.56 Å². The lowest BCUT2D eigenvalue weighted by Crippen LogP contribution is -2.59. The summed E-state index contributed by atoms with van der Waals surface area (Å²) in [5, 5.41) is 35.4. The lowest BCUT2D eigenvalue weighted by atomic mass is 9.81. The molecule has 52 heavy (non-hydrogen) atoms. The van der Waals surface area contributed by atoms with E-state index < -0.39 is 18.2 Å². The van der Waals surface area contributed by atoms with Gasteiger partial charge in [-0.05, 0) is 90.5 Å².